The number of carboxylic acid groups (broad SMARTS) is 1. The van der Waals surface area contributed by atoms with Crippen LogP contribution in [0, 0.1) is 0 Å². The van der Waals surface area contributed by atoms with Crippen LogP contribution >= 0.6 is 0 Å². The van der Waals surface area contributed by atoms with Crippen LogP contribution in [0.25, 0.3) is 0 Å². The molecule has 7 nitrogen and oxygen atoms in total. The zero-order valence-electron chi connectivity index (χ0n) is 15.5. The number of aryl methyl sites for hydroxylation is 1. The van der Waals surface area contributed by atoms with Crippen molar-refractivity contribution in [1.29, 1.82) is 0 Å². The van der Waals surface area contributed by atoms with Crippen molar-refractivity contribution in [1.82, 2.24) is 0 Å². The topological polar surface area (TPSA) is 92.8 Å². The summed E-state index contributed by atoms with van der Waals surface area (Å²) in [6.07, 6.45) is 2.98. The summed E-state index contributed by atoms with van der Waals surface area (Å²) in [5.74, 6) is -0.0736. The number of nitrogens with zero attached hydrogens (tertiary/aromatic N) is 3. The Hall–Kier alpha value is -3.48. The molecule has 0 radical (unpaired) electrons. The van der Waals surface area contributed by atoms with Gasteiger partial charge in [0.25, 0.3) is 0 Å². The fourth-order valence-electron chi connectivity index (χ4n) is 2.76. The maximum atomic E-state index is 10.6. The largest absolute Gasteiger partial charge is 0.489 e. The van der Waals surface area contributed by atoms with Crippen LogP contribution < -0.4 is 4.74 Å². The molecule has 0 fully saturated rings. The Morgan fingerprint density at radius 3 is 2.68 bits per heavy atom. The molecule has 2 aromatic carbocycles. The number of ether oxygens (including phenoxy) is 1. The Kier molecular flexibility index (Phi) is 6.51. The molecule has 0 saturated heterocycles. The monoisotopic (exact) mass is 379 g/mol. The van der Waals surface area contributed by atoms with Crippen LogP contribution in [0.1, 0.15) is 29.5 Å². The first-order valence-electron chi connectivity index (χ1n) is 8.88. The molecule has 0 amide bonds. The first-order chi connectivity index (χ1) is 13.7. The summed E-state index contributed by atoms with van der Waals surface area (Å²) >= 11 is 0. The van der Waals surface area contributed by atoms with E-state index < -0.39 is 5.97 Å². The van der Waals surface area contributed by atoms with Crippen molar-refractivity contribution < 1.29 is 19.5 Å². The molecule has 0 bridgehead atoms. The highest BCUT2D eigenvalue weighted by molar-refractivity contribution is 6.50. The molecular weight excluding hydrogens is 358 g/mol. The summed E-state index contributed by atoms with van der Waals surface area (Å²) in [6, 6.07) is 15.3. The Bertz CT molecular complexity index is 918. The number of rotatable bonds is 9. The van der Waals surface area contributed by atoms with Crippen LogP contribution in [0.4, 0.5) is 0 Å². The van der Waals surface area contributed by atoms with E-state index in [-0.39, 0.29) is 6.42 Å². The molecule has 2 aromatic rings. The highest BCUT2D eigenvalue weighted by Gasteiger charge is 2.15. The lowest BCUT2D eigenvalue weighted by Gasteiger charge is -2.10. The first-order valence-corrected chi connectivity index (χ1v) is 8.88. The normalized spacial score (nSPS) is 13.3. The van der Waals surface area contributed by atoms with Crippen molar-refractivity contribution in [2.24, 2.45) is 15.4 Å². The standard InChI is InChI=1S/C21H21N3O4/c1-27-24-21(19-11-12-22-23-19)17-4-2-3-16(13-17)14-28-18-8-5-15(6-9-18)7-10-20(25)26/h2-6,8-9,12-13H,7,10-11,14H2,1H3,(H,25,26)/b24-21+. The summed E-state index contributed by atoms with van der Waals surface area (Å²) in [6.45, 7) is 0.394. The molecule has 0 unspecified atom stereocenters. The van der Waals surface area contributed by atoms with Gasteiger partial charge in [-0.25, -0.2) is 0 Å². The highest BCUT2D eigenvalue weighted by atomic mass is 16.6. The van der Waals surface area contributed by atoms with Gasteiger partial charge in [0, 0.05) is 24.6 Å². The van der Waals surface area contributed by atoms with Crippen LogP contribution in [-0.2, 0) is 22.7 Å². The lowest BCUT2D eigenvalue weighted by atomic mass is 10.0. The van der Waals surface area contributed by atoms with E-state index in [4.69, 9.17) is 14.7 Å². The van der Waals surface area contributed by atoms with Crippen molar-refractivity contribution in [2.45, 2.75) is 25.9 Å². The first kappa shape index (κ1) is 19.3. The lowest BCUT2D eigenvalue weighted by Crippen LogP contribution is -2.15. The van der Waals surface area contributed by atoms with E-state index in [1.165, 1.54) is 7.11 Å². The maximum Gasteiger partial charge on any atom is 0.303 e. The van der Waals surface area contributed by atoms with Crippen molar-refractivity contribution >= 4 is 23.6 Å². The number of hydrogen-bond donors (Lipinski definition) is 1. The predicted molar refractivity (Wildman–Crippen MR) is 107 cm³/mol. The molecule has 0 aliphatic carbocycles. The van der Waals surface area contributed by atoms with Gasteiger partial charge in [-0.05, 0) is 35.7 Å². The van der Waals surface area contributed by atoms with Crippen LogP contribution in [-0.4, -0.2) is 35.8 Å². The summed E-state index contributed by atoms with van der Waals surface area (Å²) < 4.78 is 5.85. The molecule has 0 spiro atoms. The smallest absolute Gasteiger partial charge is 0.303 e. The van der Waals surface area contributed by atoms with Gasteiger partial charge in [0.2, 0.25) is 0 Å². The van der Waals surface area contributed by atoms with Crippen molar-refractivity contribution in [3.63, 3.8) is 0 Å². The van der Waals surface area contributed by atoms with E-state index in [0.29, 0.717) is 25.2 Å². The van der Waals surface area contributed by atoms with E-state index in [2.05, 4.69) is 15.4 Å². The molecule has 144 valence electrons. The number of hydrogen-bond acceptors (Lipinski definition) is 6. The van der Waals surface area contributed by atoms with Gasteiger partial charge < -0.3 is 14.7 Å². The molecule has 0 atom stereocenters. The van der Waals surface area contributed by atoms with E-state index in [1.807, 2.05) is 48.5 Å². The highest BCUT2D eigenvalue weighted by Crippen LogP contribution is 2.17. The molecule has 1 N–H and O–H groups in total. The molecule has 7 heteroatoms. The second-order valence-electron chi connectivity index (χ2n) is 6.20. The number of carbonyl (C=O) groups is 1. The maximum absolute atomic E-state index is 10.6. The number of benzene rings is 2. The van der Waals surface area contributed by atoms with Gasteiger partial charge in [-0.15, -0.1) is 0 Å². The van der Waals surface area contributed by atoms with Gasteiger partial charge in [-0.3, -0.25) is 4.79 Å². The number of aliphatic carboxylic acids is 1. The molecule has 1 aliphatic rings. The van der Waals surface area contributed by atoms with Gasteiger partial charge >= 0.3 is 5.97 Å². The second kappa shape index (κ2) is 9.45. The van der Waals surface area contributed by atoms with Crippen LogP contribution in [0.3, 0.4) is 0 Å². The van der Waals surface area contributed by atoms with Gasteiger partial charge in [0.15, 0.2) is 0 Å². The fourth-order valence-corrected chi connectivity index (χ4v) is 2.76. The zero-order chi connectivity index (χ0) is 19.8. The van der Waals surface area contributed by atoms with E-state index in [9.17, 15) is 4.79 Å². The van der Waals surface area contributed by atoms with Gasteiger partial charge in [0.1, 0.15) is 25.2 Å². The number of carboxylic acids is 1. The van der Waals surface area contributed by atoms with Crippen molar-refractivity contribution in [3.8, 4) is 5.75 Å². The van der Waals surface area contributed by atoms with Gasteiger partial charge in [-0.1, -0.05) is 35.5 Å². The molecular formula is C21H21N3O4. The minimum Gasteiger partial charge on any atom is -0.489 e. The van der Waals surface area contributed by atoms with Crippen LogP contribution in [0.2, 0.25) is 0 Å². The van der Waals surface area contributed by atoms with Crippen molar-refractivity contribution in [2.75, 3.05) is 7.11 Å². The summed E-state index contributed by atoms with van der Waals surface area (Å²) in [5, 5.41) is 20.8. The summed E-state index contributed by atoms with van der Waals surface area (Å²) in [4.78, 5) is 15.6. The minimum atomic E-state index is -0.799. The third-order valence-electron chi connectivity index (χ3n) is 4.16. The van der Waals surface area contributed by atoms with Crippen molar-refractivity contribution in [3.05, 3.63) is 65.2 Å². The average molecular weight is 379 g/mol. The molecule has 28 heavy (non-hydrogen) atoms. The number of oxime groups is 1. The van der Waals surface area contributed by atoms with Crippen LogP contribution in [0.5, 0.6) is 5.75 Å². The lowest BCUT2D eigenvalue weighted by molar-refractivity contribution is -0.136. The second-order valence-corrected chi connectivity index (χ2v) is 6.20. The van der Waals surface area contributed by atoms with Gasteiger partial charge in [0.05, 0.1) is 5.71 Å². The quantitative estimate of drug-likeness (QED) is 0.533. The predicted octanol–water partition coefficient (Wildman–Crippen LogP) is 3.46. The minimum absolute atomic E-state index is 0.120. The van der Waals surface area contributed by atoms with E-state index >= 15 is 0 Å². The third-order valence-corrected chi connectivity index (χ3v) is 4.16. The Morgan fingerprint density at radius 2 is 2.00 bits per heavy atom. The van der Waals surface area contributed by atoms with E-state index in [0.717, 1.165) is 28.2 Å². The Labute approximate surface area is 163 Å². The summed E-state index contributed by atoms with van der Waals surface area (Å²) in [5.41, 5.74) is 4.25. The van der Waals surface area contributed by atoms with E-state index in [1.54, 1.807) is 6.21 Å². The Morgan fingerprint density at radius 1 is 1.18 bits per heavy atom. The zero-order valence-corrected chi connectivity index (χ0v) is 15.5. The SMILES string of the molecule is CO/N=C(/C1=NN=CC1)c1cccc(COc2ccc(CCC(=O)O)cc2)c1. The molecule has 0 aromatic heterocycles. The molecule has 3 rings (SSSR count). The molecule has 1 heterocycles. The average Bonchev–Trinajstić information content (AvgIpc) is 3.24. The Balaban J connectivity index is 1.64. The van der Waals surface area contributed by atoms with Gasteiger partial charge in [-0.2, -0.15) is 10.2 Å². The molecule has 1 aliphatic heterocycles. The fraction of sp³-hybridized carbons (Fsp3) is 0.238. The third kappa shape index (κ3) is 5.26. The molecule has 0 saturated carbocycles. The summed E-state index contributed by atoms with van der Waals surface area (Å²) in [7, 11) is 1.50. The van der Waals surface area contributed by atoms with Crippen LogP contribution in [0.15, 0.2) is 63.9 Å².